The molecule has 1 atom stereocenters. The van der Waals surface area contributed by atoms with E-state index >= 15 is 0 Å². The number of aromatic nitrogens is 3. The van der Waals surface area contributed by atoms with Crippen LogP contribution in [0.2, 0.25) is 0 Å². The zero-order valence-electron chi connectivity index (χ0n) is 11.0. The minimum absolute atomic E-state index is 0.187. The summed E-state index contributed by atoms with van der Waals surface area (Å²) in [5.74, 6) is 0. The molecule has 1 unspecified atom stereocenters. The van der Waals surface area contributed by atoms with E-state index in [4.69, 9.17) is 0 Å². The van der Waals surface area contributed by atoms with Crippen molar-refractivity contribution in [2.24, 2.45) is 0 Å². The molecule has 0 aliphatic carbocycles. The van der Waals surface area contributed by atoms with Crippen LogP contribution in [0.15, 0.2) is 36.8 Å². The predicted molar refractivity (Wildman–Crippen MR) is 72.3 cm³/mol. The van der Waals surface area contributed by atoms with E-state index in [2.05, 4.69) is 52.1 Å². The van der Waals surface area contributed by atoms with Gasteiger partial charge < -0.3 is 5.32 Å². The maximum Gasteiger partial charge on any atom is 0.0749 e. The van der Waals surface area contributed by atoms with Gasteiger partial charge >= 0.3 is 0 Å². The standard InChI is InChI=1S/C14H20N4/c1-3-11-18-13(7-10-17-18)14(16-4-2)12-5-8-15-9-6-12/h5-10,14,16H,3-4,11H2,1-2H3. The maximum absolute atomic E-state index is 4.40. The highest BCUT2D eigenvalue weighted by Gasteiger charge is 2.16. The topological polar surface area (TPSA) is 42.7 Å². The van der Waals surface area contributed by atoms with Crippen molar-refractivity contribution in [3.63, 3.8) is 0 Å². The van der Waals surface area contributed by atoms with E-state index in [0.29, 0.717) is 0 Å². The van der Waals surface area contributed by atoms with Gasteiger partial charge in [0.25, 0.3) is 0 Å². The van der Waals surface area contributed by atoms with Gasteiger partial charge in [0.05, 0.1) is 11.7 Å². The molecule has 96 valence electrons. The van der Waals surface area contributed by atoms with Gasteiger partial charge in [0.1, 0.15) is 0 Å². The summed E-state index contributed by atoms with van der Waals surface area (Å²) in [6.07, 6.45) is 6.63. The molecule has 2 rings (SSSR count). The molecular weight excluding hydrogens is 224 g/mol. The van der Waals surface area contributed by atoms with E-state index in [1.165, 1.54) is 11.3 Å². The van der Waals surface area contributed by atoms with Crippen LogP contribution in [0.25, 0.3) is 0 Å². The number of nitrogens with zero attached hydrogens (tertiary/aromatic N) is 3. The average Bonchev–Trinajstić information content (AvgIpc) is 2.85. The molecule has 0 amide bonds. The van der Waals surface area contributed by atoms with Crippen LogP contribution in [0.4, 0.5) is 0 Å². The fourth-order valence-electron chi connectivity index (χ4n) is 2.14. The van der Waals surface area contributed by atoms with Crippen molar-refractivity contribution in [1.82, 2.24) is 20.1 Å². The van der Waals surface area contributed by atoms with Gasteiger partial charge in [-0.1, -0.05) is 13.8 Å². The van der Waals surface area contributed by atoms with Crippen LogP contribution in [0.1, 0.15) is 37.6 Å². The third-order valence-corrected chi connectivity index (χ3v) is 2.93. The monoisotopic (exact) mass is 244 g/mol. The molecule has 0 spiro atoms. The Morgan fingerprint density at radius 2 is 1.94 bits per heavy atom. The van der Waals surface area contributed by atoms with E-state index < -0.39 is 0 Å². The van der Waals surface area contributed by atoms with Crippen molar-refractivity contribution in [1.29, 1.82) is 0 Å². The molecule has 0 aromatic carbocycles. The minimum Gasteiger partial charge on any atom is -0.305 e. The Labute approximate surface area is 108 Å². The van der Waals surface area contributed by atoms with Crippen molar-refractivity contribution in [3.8, 4) is 0 Å². The summed E-state index contributed by atoms with van der Waals surface area (Å²) in [4.78, 5) is 4.08. The van der Waals surface area contributed by atoms with Crippen molar-refractivity contribution >= 4 is 0 Å². The van der Waals surface area contributed by atoms with Crippen LogP contribution in [-0.4, -0.2) is 21.3 Å². The normalized spacial score (nSPS) is 12.6. The van der Waals surface area contributed by atoms with Gasteiger partial charge in [-0.2, -0.15) is 5.10 Å². The van der Waals surface area contributed by atoms with E-state index in [0.717, 1.165) is 19.5 Å². The predicted octanol–water partition coefficient (Wildman–Crippen LogP) is 2.39. The lowest BCUT2D eigenvalue weighted by Crippen LogP contribution is -2.25. The van der Waals surface area contributed by atoms with Crippen molar-refractivity contribution in [3.05, 3.63) is 48.0 Å². The molecule has 0 aliphatic heterocycles. The molecule has 1 N–H and O–H groups in total. The van der Waals surface area contributed by atoms with Crippen LogP contribution < -0.4 is 5.32 Å². The second-order valence-corrected chi connectivity index (χ2v) is 4.25. The van der Waals surface area contributed by atoms with Crippen LogP contribution >= 0.6 is 0 Å². The average molecular weight is 244 g/mol. The Bertz CT molecular complexity index is 464. The second kappa shape index (κ2) is 6.31. The molecular formula is C14H20N4. The maximum atomic E-state index is 4.40. The molecule has 0 bridgehead atoms. The first kappa shape index (κ1) is 12.8. The Kier molecular flexibility index (Phi) is 4.47. The fourth-order valence-corrected chi connectivity index (χ4v) is 2.14. The van der Waals surface area contributed by atoms with Gasteiger partial charge in [0, 0.05) is 25.1 Å². The quantitative estimate of drug-likeness (QED) is 0.848. The molecule has 4 heteroatoms. The van der Waals surface area contributed by atoms with Crippen LogP contribution in [0.3, 0.4) is 0 Å². The van der Waals surface area contributed by atoms with Gasteiger partial charge in [-0.25, -0.2) is 0 Å². The summed E-state index contributed by atoms with van der Waals surface area (Å²) in [5, 5.41) is 7.91. The Morgan fingerprint density at radius 3 is 2.61 bits per heavy atom. The molecule has 2 aromatic heterocycles. The number of rotatable bonds is 6. The van der Waals surface area contributed by atoms with Crippen LogP contribution in [0.5, 0.6) is 0 Å². The first-order valence-corrected chi connectivity index (χ1v) is 6.51. The summed E-state index contributed by atoms with van der Waals surface area (Å²) in [7, 11) is 0. The largest absolute Gasteiger partial charge is 0.305 e. The highest BCUT2D eigenvalue weighted by atomic mass is 15.3. The van der Waals surface area contributed by atoms with Gasteiger partial charge in [0.15, 0.2) is 0 Å². The lowest BCUT2D eigenvalue weighted by atomic mass is 10.1. The van der Waals surface area contributed by atoms with Crippen LogP contribution in [-0.2, 0) is 6.54 Å². The molecule has 0 saturated carbocycles. The number of hydrogen-bond acceptors (Lipinski definition) is 3. The lowest BCUT2D eigenvalue weighted by molar-refractivity contribution is 0.520. The Hall–Kier alpha value is -1.68. The first-order chi connectivity index (χ1) is 8.86. The molecule has 2 aromatic rings. The van der Waals surface area contributed by atoms with Crippen LogP contribution in [0, 0.1) is 0 Å². The van der Waals surface area contributed by atoms with E-state index in [9.17, 15) is 0 Å². The van der Waals surface area contributed by atoms with Crippen molar-refractivity contribution in [2.45, 2.75) is 32.9 Å². The van der Waals surface area contributed by atoms with Gasteiger partial charge in [-0.3, -0.25) is 9.67 Å². The lowest BCUT2D eigenvalue weighted by Gasteiger charge is -2.19. The van der Waals surface area contributed by atoms with E-state index in [1.807, 2.05) is 18.6 Å². The molecule has 0 fully saturated rings. The summed E-state index contributed by atoms with van der Waals surface area (Å²) in [6, 6.07) is 6.38. The molecule has 0 radical (unpaired) electrons. The zero-order valence-corrected chi connectivity index (χ0v) is 11.0. The van der Waals surface area contributed by atoms with Gasteiger partial charge in [-0.15, -0.1) is 0 Å². The summed E-state index contributed by atoms with van der Waals surface area (Å²) in [5.41, 5.74) is 2.44. The SMILES string of the molecule is CCCn1nccc1C(NCC)c1ccncc1. The third kappa shape index (κ3) is 2.76. The minimum atomic E-state index is 0.187. The highest BCUT2D eigenvalue weighted by molar-refractivity contribution is 5.25. The van der Waals surface area contributed by atoms with E-state index in [-0.39, 0.29) is 6.04 Å². The fraction of sp³-hybridized carbons (Fsp3) is 0.429. The number of aryl methyl sites for hydroxylation is 1. The van der Waals surface area contributed by atoms with E-state index in [1.54, 1.807) is 0 Å². The molecule has 18 heavy (non-hydrogen) atoms. The number of pyridine rings is 1. The Morgan fingerprint density at radius 1 is 1.17 bits per heavy atom. The summed E-state index contributed by atoms with van der Waals surface area (Å²) in [6.45, 7) is 6.16. The second-order valence-electron chi connectivity index (χ2n) is 4.25. The molecule has 2 heterocycles. The van der Waals surface area contributed by atoms with Crippen molar-refractivity contribution in [2.75, 3.05) is 6.54 Å². The smallest absolute Gasteiger partial charge is 0.0749 e. The number of hydrogen-bond donors (Lipinski definition) is 1. The first-order valence-electron chi connectivity index (χ1n) is 6.51. The van der Waals surface area contributed by atoms with Crippen molar-refractivity contribution < 1.29 is 0 Å². The molecule has 0 saturated heterocycles. The van der Waals surface area contributed by atoms with Gasteiger partial charge in [-0.05, 0) is 36.7 Å². The molecule has 4 nitrogen and oxygen atoms in total. The Balaban J connectivity index is 2.32. The zero-order chi connectivity index (χ0) is 12.8. The third-order valence-electron chi connectivity index (χ3n) is 2.93. The highest BCUT2D eigenvalue weighted by Crippen LogP contribution is 2.21. The molecule has 0 aliphatic rings. The number of nitrogens with one attached hydrogen (secondary N) is 1. The van der Waals surface area contributed by atoms with Gasteiger partial charge in [0.2, 0.25) is 0 Å². The summed E-state index contributed by atoms with van der Waals surface area (Å²) >= 11 is 0. The summed E-state index contributed by atoms with van der Waals surface area (Å²) < 4.78 is 2.08.